The molecule has 1 aromatic heterocycles. The van der Waals surface area contributed by atoms with Crippen molar-refractivity contribution in [2.75, 3.05) is 17.7 Å². The molecule has 1 heterocycles. The zero-order valence-electron chi connectivity index (χ0n) is 15.0. The number of aryl methyl sites for hydroxylation is 1. The first-order chi connectivity index (χ1) is 13.1. The number of methoxy groups -OCH3 is 1. The summed E-state index contributed by atoms with van der Waals surface area (Å²) < 4.78 is 5.33. The van der Waals surface area contributed by atoms with Crippen molar-refractivity contribution in [2.45, 2.75) is 13.5 Å². The van der Waals surface area contributed by atoms with Crippen LogP contribution in [0.4, 0.5) is 11.5 Å². The summed E-state index contributed by atoms with van der Waals surface area (Å²) >= 11 is 6.10. The van der Waals surface area contributed by atoms with E-state index < -0.39 is 0 Å². The molecule has 0 aliphatic carbocycles. The standard InChI is InChI=1S/C20H19ClN4O2/c1-13-7-8-15(9-16(13)21)25-20(26)17-10-19(24-12-23-17)22-11-14-5-3-4-6-18(14)27-2/h3-10,12H,11H2,1-2H3,(H,25,26)(H,22,23,24). The molecule has 0 saturated heterocycles. The molecule has 0 unspecified atom stereocenters. The molecule has 0 spiro atoms. The molecular weight excluding hydrogens is 364 g/mol. The average Bonchev–Trinajstić information content (AvgIpc) is 2.69. The second kappa shape index (κ2) is 8.51. The highest BCUT2D eigenvalue weighted by molar-refractivity contribution is 6.31. The molecule has 0 bridgehead atoms. The van der Waals surface area contributed by atoms with Crippen LogP contribution >= 0.6 is 11.6 Å². The Morgan fingerprint density at radius 3 is 2.74 bits per heavy atom. The number of rotatable bonds is 6. The monoisotopic (exact) mass is 382 g/mol. The fourth-order valence-electron chi connectivity index (χ4n) is 2.48. The van der Waals surface area contributed by atoms with Crippen LogP contribution in [-0.4, -0.2) is 23.0 Å². The van der Waals surface area contributed by atoms with Crippen LogP contribution in [0.25, 0.3) is 0 Å². The molecule has 0 fully saturated rings. The zero-order chi connectivity index (χ0) is 19.2. The quantitative estimate of drug-likeness (QED) is 0.664. The van der Waals surface area contributed by atoms with E-state index in [1.165, 1.54) is 6.33 Å². The van der Waals surface area contributed by atoms with Crippen LogP contribution < -0.4 is 15.4 Å². The second-order valence-corrected chi connectivity index (χ2v) is 6.28. The van der Waals surface area contributed by atoms with Crippen molar-refractivity contribution in [1.29, 1.82) is 0 Å². The lowest BCUT2D eigenvalue weighted by Gasteiger charge is -2.10. The Morgan fingerprint density at radius 2 is 1.96 bits per heavy atom. The van der Waals surface area contributed by atoms with Gasteiger partial charge in [-0.15, -0.1) is 0 Å². The second-order valence-electron chi connectivity index (χ2n) is 5.87. The summed E-state index contributed by atoms with van der Waals surface area (Å²) in [6.45, 7) is 2.41. The molecule has 0 aliphatic rings. The summed E-state index contributed by atoms with van der Waals surface area (Å²) in [5.74, 6) is 0.994. The molecule has 2 N–H and O–H groups in total. The Kier molecular flexibility index (Phi) is 5.88. The maximum atomic E-state index is 12.4. The Labute approximate surface area is 162 Å². The number of para-hydroxylation sites is 1. The highest BCUT2D eigenvalue weighted by Gasteiger charge is 2.10. The number of amides is 1. The predicted octanol–water partition coefficient (Wildman–Crippen LogP) is 4.31. The van der Waals surface area contributed by atoms with E-state index in [4.69, 9.17) is 16.3 Å². The Bertz CT molecular complexity index is 962. The largest absolute Gasteiger partial charge is 0.496 e. The van der Waals surface area contributed by atoms with Gasteiger partial charge >= 0.3 is 0 Å². The van der Waals surface area contributed by atoms with Gasteiger partial charge in [0.1, 0.15) is 23.6 Å². The molecule has 27 heavy (non-hydrogen) atoms. The lowest BCUT2D eigenvalue weighted by atomic mass is 10.2. The van der Waals surface area contributed by atoms with Crippen LogP contribution in [0.1, 0.15) is 21.6 Å². The lowest BCUT2D eigenvalue weighted by molar-refractivity contribution is 0.102. The summed E-state index contributed by atoms with van der Waals surface area (Å²) in [5, 5.41) is 6.56. The van der Waals surface area contributed by atoms with Crippen molar-refractivity contribution >= 4 is 29.0 Å². The number of nitrogens with one attached hydrogen (secondary N) is 2. The highest BCUT2D eigenvalue weighted by Crippen LogP contribution is 2.21. The third-order valence-corrected chi connectivity index (χ3v) is 4.39. The molecule has 6 nitrogen and oxygen atoms in total. The lowest BCUT2D eigenvalue weighted by Crippen LogP contribution is -2.14. The van der Waals surface area contributed by atoms with Gasteiger partial charge in [-0.05, 0) is 30.7 Å². The van der Waals surface area contributed by atoms with E-state index in [1.807, 2.05) is 37.3 Å². The van der Waals surface area contributed by atoms with Crippen LogP contribution in [0.2, 0.25) is 5.02 Å². The Balaban J connectivity index is 1.69. The zero-order valence-corrected chi connectivity index (χ0v) is 15.7. The number of aromatic nitrogens is 2. The van der Waals surface area contributed by atoms with Gasteiger partial charge < -0.3 is 15.4 Å². The van der Waals surface area contributed by atoms with Gasteiger partial charge in [0.05, 0.1) is 7.11 Å². The van der Waals surface area contributed by atoms with E-state index >= 15 is 0 Å². The minimum absolute atomic E-state index is 0.254. The fraction of sp³-hybridized carbons (Fsp3) is 0.150. The van der Waals surface area contributed by atoms with Gasteiger partial charge in [0, 0.05) is 28.9 Å². The molecule has 0 aliphatic heterocycles. The van der Waals surface area contributed by atoms with Crippen LogP contribution in [-0.2, 0) is 6.54 Å². The minimum Gasteiger partial charge on any atom is -0.496 e. The van der Waals surface area contributed by atoms with Crippen molar-refractivity contribution in [2.24, 2.45) is 0 Å². The summed E-state index contributed by atoms with van der Waals surface area (Å²) in [6.07, 6.45) is 1.35. The number of carbonyl (C=O) groups excluding carboxylic acids is 1. The van der Waals surface area contributed by atoms with Gasteiger partial charge in [-0.1, -0.05) is 35.9 Å². The van der Waals surface area contributed by atoms with Crippen LogP contribution in [0, 0.1) is 6.92 Å². The summed E-state index contributed by atoms with van der Waals surface area (Å²) in [7, 11) is 1.63. The number of halogens is 1. The molecule has 3 rings (SSSR count). The number of nitrogens with zero attached hydrogens (tertiary/aromatic N) is 2. The Hall–Kier alpha value is -3.12. The van der Waals surface area contributed by atoms with Crippen LogP contribution in [0.5, 0.6) is 5.75 Å². The number of hydrogen-bond acceptors (Lipinski definition) is 5. The Morgan fingerprint density at radius 1 is 1.15 bits per heavy atom. The number of benzene rings is 2. The molecule has 3 aromatic rings. The van der Waals surface area contributed by atoms with Crippen molar-refractivity contribution in [3.05, 3.63) is 76.7 Å². The molecule has 0 radical (unpaired) electrons. The smallest absolute Gasteiger partial charge is 0.274 e. The SMILES string of the molecule is COc1ccccc1CNc1cc(C(=O)Nc2ccc(C)c(Cl)c2)ncn1. The third kappa shape index (κ3) is 4.74. The number of anilines is 2. The van der Waals surface area contributed by atoms with E-state index in [2.05, 4.69) is 20.6 Å². The maximum absolute atomic E-state index is 12.4. The molecule has 138 valence electrons. The van der Waals surface area contributed by atoms with E-state index in [0.717, 1.165) is 16.9 Å². The molecule has 7 heteroatoms. The molecular formula is C20H19ClN4O2. The molecule has 2 aromatic carbocycles. The van der Waals surface area contributed by atoms with Gasteiger partial charge in [0.2, 0.25) is 0 Å². The highest BCUT2D eigenvalue weighted by atomic mass is 35.5. The van der Waals surface area contributed by atoms with Gasteiger partial charge in [0.25, 0.3) is 5.91 Å². The topological polar surface area (TPSA) is 76.1 Å². The fourth-order valence-corrected chi connectivity index (χ4v) is 2.66. The van der Waals surface area contributed by atoms with Gasteiger partial charge in [0.15, 0.2) is 0 Å². The third-order valence-electron chi connectivity index (χ3n) is 3.98. The normalized spacial score (nSPS) is 10.3. The molecule has 1 amide bonds. The minimum atomic E-state index is -0.335. The number of hydrogen-bond donors (Lipinski definition) is 2. The van der Waals surface area contributed by atoms with Crippen molar-refractivity contribution < 1.29 is 9.53 Å². The van der Waals surface area contributed by atoms with Gasteiger partial charge in [-0.25, -0.2) is 9.97 Å². The van der Waals surface area contributed by atoms with E-state index in [0.29, 0.717) is 23.1 Å². The first kappa shape index (κ1) is 18.7. The average molecular weight is 383 g/mol. The van der Waals surface area contributed by atoms with E-state index in [-0.39, 0.29) is 11.6 Å². The molecule has 0 atom stereocenters. The first-order valence-corrected chi connectivity index (χ1v) is 8.70. The molecule has 0 saturated carbocycles. The van der Waals surface area contributed by atoms with Crippen LogP contribution in [0.3, 0.4) is 0 Å². The van der Waals surface area contributed by atoms with Crippen molar-refractivity contribution in [3.8, 4) is 5.75 Å². The summed E-state index contributed by atoms with van der Waals surface area (Å²) in [5.41, 5.74) is 2.79. The van der Waals surface area contributed by atoms with Crippen LogP contribution in [0.15, 0.2) is 54.9 Å². The van der Waals surface area contributed by atoms with E-state index in [1.54, 1.807) is 25.3 Å². The maximum Gasteiger partial charge on any atom is 0.274 e. The number of ether oxygens (including phenoxy) is 1. The summed E-state index contributed by atoms with van der Waals surface area (Å²) in [6, 6.07) is 14.6. The van der Waals surface area contributed by atoms with Crippen molar-refractivity contribution in [1.82, 2.24) is 9.97 Å². The van der Waals surface area contributed by atoms with E-state index in [9.17, 15) is 4.79 Å². The van der Waals surface area contributed by atoms with Gasteiger partial charge in [-0.3, -0.25) is 4.79 Å². The summed E-state index contributed by atoms with van der Waals surface area (Å²) in [4.78, 5) is 20.6. The first-order valence-electron chi connectivity index (χ1n) is 8.32. The van der Waals surface area contributed by atoms with Crippen molar-refractivity contribution in [3.63, 3.8) is 0 Å². The van der Waals surface area contributed by atoms with Gasteiger partial charge in [-0.2, -0.15) is 0 Å². The predicted molar refractivity (Wildman–Crippen MR) is 106 cm³/mol. The number of carbonyl (C=O) groups is 1.